The Morgan fingerprint density at radius 3 is 2.58 bits per heavy atom. The molecular formula is C21H15F4N3O3. The maximum Gasteiger partial charge on any atom is 0.417 e. The minimum absolute atomic E-state index is 0.146. The lowest BCUT2D eigenvalue weighted by molar-refractivity contribution is -0.138. The molecule has 1 heterocycles. The molecule has 0 bridgehead atoms. The molecule has 0 saturated heterocycles. The molecule has 10 heteroatoms. The third-order valence-electron chi connectivity index (χ3n) is 4.67. The fourth-order valence-corrected chi connectivity index (χ4v) is 3.14. The van der Waals surface area contributed by atoms with Crippen molar-refractivity contribution in [3.63, 3.8) is 0 Å². The van der Waals surface area contributed by atoms with Crippen molar-refractivity contribution < 1.29 is 32.3 Å². The summed E-state index contributed by atoms with van der Waals surface area (Å²) in [4.78, 5) is 23.8. The van der Waals surface area contributed by atoms with Gasteiger partial charge in [-0.25, -0.2) is 4.39 Å². The summed E-state index contributed by atoms with van der Waals surface area (Å²) in [5.74, 6) is -1.58. The number of carbonyl (C=O) groups excluding carboxylic acids is 2. The van der Waals surface area contributed by atoms with Crippen molar-refractivity contribution in [3.8, 4) is 6.07 Å². The van der Waals surface area contributed by atoms with E-state index in [-0.39, 0.29) is 23.2 Å². The Balaban J connectivity index is 1.89. The minimum atomic E-state index is -4.81. The zero-order valence-corrected chi connectivity index (χ0v) is 16.0. The SMILES string of the molecule is CC(O)(Cn1cc(C=O)c2cc(F)ccc21)C(=O)Nc1ccc(C#N)c(C(F)(F)F)c1. The topological polar surface area (TPSA) is 95.1 Å². The van der Waals surface area contributed by atoms with Gasteiger partial charge in [0.1, 0.15) is 5.82 Å². The van der Waals surface area contributed by atoms with Gasteiger partial charge in [0.05, 0.1) is 23.7 Å². The van der Waals surface area contributed by atoms with Crippen LogP contribution in [0, 0.1) is 17.1 Å². The van der Waals surface area contributed by atoms with Crippen LogP contribution in [-0.4, -0.2) is 27.5 Å². The Morgan fingerprint density at radius 1 is 1.26 bits per heavy atom. The number of nitrogens with zero attached hydrogens (tertiary/aromatic N) is 2. The first-order valence-electron chi connectivity index (χ1n) is 8.85. The first-order valence-corrected chi connectivity index (χ1v) is 8.85. The number of amides is 1. The highest BCUT2D eigenvalue weighted by atomic mass is 19.4. The zero-order valence-electron chi connectivity index (χ0n) is 16.0. The number of anilines is 1. The van der Waals surface area contributed by atoms with Gasteiger partial charge < -0.3 is 15.0 Å². The molecule has 1 aromatic heterocycles. The predicted octanol–water partition coefficient (Wildman–Crippen LogP) is 3.87. The number of nitrogens with one attached hydrogen (secondary N) is 1. The van der Waals surface area contributed by atoms with Crippen LogP contribution in [0.3, 0.4) is 0 Å². The fraction of sp³-hybridized carbons (Fsp3) is 0.190. The van der Waals surface area contributed by atoms with Crippen molar-refractivity contribution in [2.75, 3.05) is 5.32 Å². The predicted molar refractivity (Wildman–Crippen MR) is 103 cm³/mol. The number of benzene rings is 2. The van der Waals surface area contributed by atoms with Crippen LogP contribution >= 0.6 is 0 Å². The monoisotopic (exact) mass is 433 g/mol. The summed E-state index contributed by atoms with van der Waals surface area (Å²) >= 11 is 0. The van der Waals surface area contributed by atoms with Gasteiger partial charge in [-0.3, -0.25) is 9.59 Å². The molecule has 3 rings (SSSR count). The molecule has 0 saturated carbocycles. The summed E-state index contributed by atoms with van der Waals surface area (Å²) in [5, 5.41) is 22.0. The van der Waals surface area contributed by atoms with E-state index in [1.54, 1.807) is 0 Å². The fourth-order valence-electron chi connectivity index (χ4n) is 3.14. The normalized spacial score (nSPS) is 13.5. The quantitative estimate of drug-likeness (QED) is 0.472. The first-order chi connectivity index (χ1) is 14.5. The molecule has 2 N–H and O–H groups in total. The third kappa shape index (κ3) is 4.41. The van der Waals surface area contributed by atoms with E-state index >= 15 is 0 Å². The highest BCUT2D eigenvalue weighted by Crippen LogP contribution is 2.34. The van der Waals surface area contributed by atoms with Crippen molar-refractivity contribution in [1.82, 2.24) is 4.57 Å². The molecular weight excluding hydrogens is 418 g/mol. The molecule has 1 amide bonds. The Kier molecular flexibility index (Phi) is 5.57. The lowest BCUT2D eigenvalue weighted by Gasteiger charge is -2.24. The molecule has 1 unspecified atom stereocenters. The number of aldehydes is 1. The van der Waals surface area contributed by atoms with Gasteiger partial charge in [-0.1, -0.05) is 0 Å². The van der Waals surface area contributed by atoms with Crippen molar-refractivity contribution >= 4 is 28.8 Å². The molecule has 1 atom stereocenters. The maximum atomic E-state index is 13.5. The van der Waals surface area contributed by atoms with E-state index in [1.165, 1.54) is 22.9 Å². The highest BCUT2D eigenvalue weighted by molar-refractivity contribution is 5.99. The van der Waals surface area contributed by atoms with E-state index in [0.29, 0.717) is 17.9 Å². The number of aromatic nitrogens is 1. The van der Waals surface area contributed by atoms with Gasteiger partial charge in [0.2, 0.25) is 0 Å². The molecule has 0 aliphatic rings. The molecule has 0 aliphatic heterocycles. The Hall–Kier alpha value is -3.71. The van der Waals surface area contributed by atoms with Gasteiger partial charge >= 0.3 is 6.18 Å². The average Bonchev–Trinajstić information content (AvgIpc) is 3.03. The van der Waals surface area contributed by atoms with Gasteiger partial charge in [-0.2, -0.15) is 18.4 Å². The van der Waals surface area contributed by atoms with Crippen LogP contribution in [0.5, 0.6) is 0 Å². The lowest BCUT2D eigenvalue weighted by Crippen LogP contribution is -2.43. The average molecular weight is 433 g/mol. The number of alkyl halides is 3. The van der Waals surface area contributed by atoms with Crippen LogP contribution in [0.1, 0.15) is 28.4 Å². The summed E-state index contributed by atoms with van der Waals surface area (Å²) in [6.45, 7) is 0.782. The number of rotatable bonds is 5. The van der Waals surface area contributed by atoms with Crippen LogP contribution < -0.4 is 5.32 Å². The van der Waals surface area contributed by atoms with E-state index in [0.717, 1.165) is 31.2 Å². The highest BCUT2D eigenvalue weighted by Gasteiger charge is 2.35. The summed E-state index contributed by atoms with van der Waals surface area (Å²) < 4.78 is 54.2. The molecule has 2 aromatic carbocycles. The standard InChI is InChI=1S/C21H15F4N3O3/c1-20(31,11-28-9-13(10-29)16-6-14(22)3-5-18(16)28)19(30)27-15-4-2-12(8-26)17(7-15)21(23,24)25/h2-7,9-10,31H,11H2,1H3,(H,27,30). The van der Waals surface area contributed by atoms with Gasteiger partial charge in [-0.05, 0) is 43.3 Å². The van der Waals surface area contributed by atoms with E-state index < -0.39 is 34.6 Å². The molecule has 160 valence electrons. The second-order valence-electron chi connectivity index (χ2n) is 7.09. The number of aliphatic hydroxyl groups is 1. The summed E-state index contributed by atoms with van der Waals surface area (Å²) in [7, 11) is 0. The molecule has 0 radical (unpaired) electrons. The van der Waals surface area contributed by atoms with Crippen molar-refractivity contribution in [1.29, 1.82) is 5.26 Å². The smallest absolute Gasteiger partial charge is 0.378 e. The van der Waals surface area contributed by atoms with Gasteiger partial charge in [0, 0.05) is 28.4 Å². The van der Waals surface area contributed by atoms with Crippen molar-refractivity contribution in [2.45, 2.75) is 25.2 Å². The van der Waals surface area contributed by atoms with E-state index in [2.05, 4.69) is 5.32 Å². The van der Waals surface area contributed by atoms with Crippen LogP contribution in [0.15, 0.2) is 42.6 Å². The first kappa shape index (κ1) is 22.0. The van der Waals surface area contributed by atoms with E-state index in [1.807, 2.05) is 0 Å². The van der Waals surface area contributed by atoms with Gasteiger partial charge in [0.15, 0.2) is 11.9 Å². The summed E-state index contributed by atoms with van der Waals surface area (Å²) in [6, 6.07) is 7.73. The number of hydrogen-bond donors (Lipinski definition) is 2. The Labute approximate surface area is 173 Å². The Morgan fingerprint density at radius 2 is 1.97 bits per heavy atom. The van der Waals surface area contributed by atoms with Crippen LogP contribution in [0.25, 0.3) is 10.9 Å². The van der Waals surface area contributed by atoms with Gasteiger partial charge in [-0.15, -0.1) is 0 Å². The second kappa shape index (κ2) is 7.85. The second-order valence-corrected chi connectivity index (χ2v) is 7.09. The number of halogens is 4. The molecule has 0 fully saturated rings. The van der Waals surface area contributed by atoms with Crippen LogP contribution in [0.4, 0.5) is 23.2 Å². The van der Waals surface area contributed by atoms with E-state index in [4.69, 9.17) is 5.26 Å². The number of fused-ring (bicyclic) bond motifs is 1. The lowest BCUT2D eigenvalue weighted by atomic mass is 10.0. The minimum Gasteiger partial charge on any atom is -0.378 e. The largest absolute Gasteiger partial charge is 0.417 e. The number of carbonyl (C=O) groups is 2. The molecule has 0 aliphatic carbocycles. The molecule has 3 aromatic rings. The Bertz CT molecular complexity index is 1220. The molecule has 6 nitrogen and oxygen atoms in total. The van der Waals surface area contributed by atoms with Crippen molar-refractivity contribution in [2.24, 2.45) is 0 Å². The van der Waals surface area contributed by atoms with E-state index in [9.17, 15) is 32.3 Å². The molecule has 0 spiro atoms. The number of nitriles is 1. The zero-order chi connectivity index (χ0) is 23.0. The van der Waals surface area contributed by atoms with Crippen LogP contribution in [0.2, 0.25) is 0 Å². The van der Waals surface area contributed by atoms with Crippen LogP contribution in [-0.2, 0) is 17.5 Å². The third-order valence-corrected chi connectivity index (χ3v) is 4.67. The van der Waals surface area contributed by atoms with Gasteiger partial charge in [0.25, 0.3) is 5.91 Å². The van der Waals surface area contributed by atoms with Crippen molar-refractivity contribution in [3.05, 3.63) is 65.1 Å². The summed E-state index contributed by atoms with van der Waals surface area (Å²) in [6.07, 6.45) is -2.97. The molecule has 31 heavy (non-hydrogen) atoms. The maximum absolute atomic E-state index is 13.5. The number of hydrogen-bond acceptors (Lipinski definition) is 4. The summed E-state index contributed by atoms with van der Waals surface area (Å²) in [5.41, 5.74) is -3.66.